The fraction of sp³-hybridized carbons (Fsp3) is 0.529. The van der Waals surface area contributed by atoms with Crippen LogP contribution in [0.4, 0.5) is 9.18 Å². The largest absolute Gasteiger partial charge is 0.444 e. The van der Waals surface area contributed by atoms with Crippen LogP contribution in [0.1, 0.15) is 38.1 Å². The van der Waals surface area contributed by atoms with Crippen LogP contribution in [-0.4, -0.2) is 53.1 Å². The molecule has 0 N–H and O–H groups in total. The number of piperazine rings is 1. The molecular formula is C17H22ClFN2O3. The van der Waals surface area contributed by atoms with Crippen LogP contribution in [0.5, 0.6) is 0 Å². The molecule has 1 atom stereocenters. The molecule has 0 unspecified atom stereocenters. The minimum Gasteiger partial charge on any atom is -0.444 e. The summed E-state index contributed by atoms with van der Waals surface area (Å²) in [4.78, 5) is 28.0. The molecule has 0 aromatic heterocycles. The standard InChI is InChI=1S/C17H22ClFN2O3/c1-11-10-20(7-8-21(11)16(23)24-17(2,3)4)15(22)13-6-5-12(19)9-14(13)18/h5-6,9,11H,7-8,10H2,1-4H3/t11-/m0/s1. The van der Waals surface area contributed by atoms with Gasteiger partial charge in [-0.15, -0.1) is 0 Å². The van der Waals surface area contributed by atoms with E-state index in [0.29, 0.717) is 19.6 Å². The molecule has 0 saturated carbocycles. The van der Waals surface area contributed by atoms with Crippen molar-refractivity contribution in [3.63, 3.8) is 0 Å². The van der Waals surface area contributed by atoms with Gasteiger partial charge in [-0.2, -0.15) is 0 Å². The number of carbonyl (C=O) groups is 2. The van der Waals surface area contributed by atoms with Crippen LogP contribution in [0, 0.1) is 5.82 Å². The Morgan fingerprint density at radius 2 is 1.96 bits per heavy atom. The second kappa shape index (κ2) is 6.97. The molecule has 1 saturated heterocycles. The molecule has 1 aliphatic rings. The van der Waals surface area contributed by atoms with Crippen LogP contribution in [0.25, 0.3) is 0 Å². The first-order valence-corrected chi connectivity index (χ1v) is 8.20. The van der Waals surface area contributed by atoms with Crippen LogP contribution in [0.15, 0.2) is 18.2 Å². The van der Waals surface area contributed by atoms with Gasteiger partial charge in [-0.25, -0.2) is 9.18 Å². The Morgan fingerprint density at radius 3 is 2.50 bits per heavy atom. The molecule has 0 aliphatic carbocycles. The van der Waals surface area contributed by atoms with E-state index in [4.69, 9.17) is 16.3 Å². The first-order chi connectivity index (χ1) is 11.1. The van der Waals surface area contributed by atoms with E-state index in [2.05, 4.69) is 0 Å². The molecule has 1 fully saturated rings. The molecule has 0 bridgehead atoms. The molecule has 0 spiro atoms. The van der Waals surface area contributed by atoms with Crippen LogP contribution < -0.4 is 0 Å². The van der Waals surface area contributed by atoms with E-state index < -0.39 is 11.4 Å². The van der Waals surface area contributed by atoms with Gasteiger partial charge < -0.3 is 14.5 Å². The number of amides is 2. The van der Waals surface area contributed by atoms with Gasteiger partial charge in [0.2, 0.25) is 0 Å². The summed E-state index contributed by atoms with van der Waals surface area (Å²) < 4.78 is 18.5. The topological polar surface area (TPSA) is 49.9 Å². The molecule has 5 nitrogen and oxygen atoms in total. The Morgan fingerprint density at radius 1 is 1.29 bits per heavy atom. The molecular weight excluding hydrogens is 335 g/mol. The zero-order valence-corrected chi connectivity index (χ0v) is 15.1. The van der Waals surface area contributed by atoms with Crippen molar-refractivity contribution in [2.24, 2.45) is 0 Å². The van der Waals surface area contributed by atoms with E-state index in [-0.39, 0.29) is 28.6 Å². The summed E-state index contributed by atoms with van der Waals surface area (Å²) in [5.74, 6) is -0.754. The Kier molecular flexibility index (Phi) is 5.38. The molecule has 1 heterocycles. The van der Waals surface area contributed by atoms with E-state index in [1.165, 1.54) is 12.1 Å². The Labute approximate surface area is 146 Å². The van der Waals surface area contributed by atoms with Crippen LogP contribution in [0.2, 0.25) is 5.02 Å². The fourth-order valence-electron chi connectivity index (χ4n) is 2.57. The van der Waals surface area contributed by atoms with Gasteiger partial charge in [-0.05, 0) is 45.9 Å². The zero-order valence-electron chi connectivity index (χ0n) is 14.3. The molecule has 24 heavy (non-hydrogen) atoms. The Balaban J connectivity index is 2.05. The number of nitrogens with zero attached hydrogens (tertiary/aromatic N) is 2. The van der Waals surface area contributed by atoms with Gasteiger partial charge in [0.15, 0.2) is 0 Å². The smallest absolute Gasteiger partial charge is 0.410 e. The van der Waals surface area contributed by atoms with Crippen LogP contribution in [0.3, 0.4) is 0 Å². The van der Waals surface area contributed by atoms with Crippen LogP contribution >= 0.6 is 11.6 Å². The third-order valence-corrected chi connectivity index (χ3v) is 4.02. The SMILES string of the molecule is C[C@H]1CN(C(=O)c2ccc(F)cc2Cl)CCN1C(=O)OC(C)(C)C. The summed E-state index contributed by atoms with van der Waals surface area (Å²) in [6, 6.07) is 3.52. The molecule has 7 heteroatoms. The monoisotopic (exact) mass is 356 g/mol. The maximum Gasteiger partial charge on any atom is 0.410 e. The van der Waals surface area contributed by atoms with Gasteiger partial charge in [-0.3, -0.25) is 4.79 Å². The van der Waals surface area contributed by atoms with E-state index in [0.717, 1.165) is 6.07 Å². The first-order valence-electron chi connectivity index (χ1n) is 7.82. The van der Waals surface area contributed by atoms with Crippen LogP contribution in [-0.2, 0) is 4.74 Å². The molecule has 2 rings (SSSR count). The van der Waals surface area contributed by atoms with Gasteiger partial charge in [0.05, 0.1) is 10.6 Å². The van der Waals surface area contributed by atoms with Crippen molar-refractivity contribution in [3.05, 3.63) is 34.6 Å². The average molecular weight is 357 g/mol. The van der Waals surface area contributed by atoms with Crippen molar-refractivity contribution in [1.29, 1.82) is 0 Å². The van der Waals surface area contributed by atoms with E-state index in [9.17, 15) is 14.0 Å². The number of benzene rings is 1. The van der Waals surface area contributed by atoms with Gasteiger partial charge in [-0.1, -0.05) is 11.6 Å². The molecule has 0 radical (unpaired) electrons. The molecule has 1 aromatic rings. The second-order valence-corrected chi connectivity index (χ2v) is 7.31. The molecule has 1 aliphatic heterocycles. The summed E-state index contributed by atoms with van der Waals surface area (Å²) in [6.45, 7) is 8.40. The lowest BCUT2D eigenvalue weighted by Crippen LogP contribution is -2.56. The third-order valence-electron chi connectivity index (χ3n) is 3.70. The second-order valence-electron chi connectivity index (χ2n) is 6.90. The summed E-state index contributed by atoms with van der Waals surface area (Å²) in [6.07, 6.45) is -0.387. The highest BCUT2D eigenvalue weighted by Gasteiger charge is 2.33. The fourth-order valence-corrected chi connectivity index (χ4v) is 2.82. The maximum absolute atomic E-state index is 13.1. The van der Waals surface area contributed by atoms with Gasteiger partial charge in [0.1, 0.15) is 11.4 Å². The lowest BCUT2D eigenvalue weighted by atomic mass is 10.1. The number of hydrogen-bond acceptors (Lipinski definition) is 3. The van der Waals surface area contributed by atoms with E-state index >= 15 is 0 Å². The predicted octanol–water partition coefficient (Wildman–Crippen LogP) is 3.56. The molecule has 1 aromatic carbocycles. The number of rotatable bonds is 1. The summed E-state index contributed by atoms with van der Waals surface area (Å²) in [5, 5.41) is 0.0854. The normalized spacial score (nSPS) is 18.5. The Bertz CT molecular complexity index is 645. The first kappa shape index (κ1) is 18.5. The number of carbonyl (C=O) groups excluding carboxylic acids is 2. The van der Waals surface area contributed by atoms with E-state index in [1.54, 1.807) is 9.80 Å². The van der Waals surface area contributed by atoms with E-state index in [1.807, 2.05) is 27.7 Å². The highest BCUT2D eigenvalue weighted by atomic mass is 35.5. The molecule has 2 amide bonds. The Hall–Kier alpha value is -1.82. The summed E-state index contributed by atoms with van der Waals surface area (Å²) in [7, 11) is 0. The lowest BCUT2D eigenvalue weighted by molar-refractivity contribution is 0.00198. The number of halogens is 2. The highest BCUT2D eigenvalue weighted by molar-refractivity contribution is 6.33. The predicted molar refractivity (Wildman–Crippen MR) is 89.7 cm³/mol. The summed E-state index contributed by atoms with van der Waals surface area (Å²) in [5.41, 5.74) is -0.304. The quantitative estimate of drug-likeness (QED) is 0.773. The van der Waals surface area contributed by atoms with Crippen molar-refractivity contribution in [3.8, 4) is 0 Å². The van der Waals surface area contributed by atoms with Crippen molar-refractivity contribution >= 4 is 23.6 Å². The van der Waals surface area contributed by atoms with Crippen molar-refractivity contribution in [2.45, 2.75) is 39.3 Å². The van der Waals surface area contributed by atoms with Crippen molar-refractivity contribution in [1.82, 2.24) is 9.80 Å². The van der Waals surface area contributed by atoms with Gasteiger partial charge in [0.25, 0.3) is 5.91 Å². The third kappa shape index (κ3) is 4.38. The highest BCUT2D eigenvalue weighted by Crippen LogP contribution is 2.22. The van der Waals surface area contributed by atoms with Gasteiger partial charge in [0, 0.05) is 25.7 Å². The lowest BCUT2D eigenvalue weighted by Gasteiger charge is -2.40. The zero-order chi connectivity index (χ0) is 18.1. The minimum absolute atomic E-state index is 0.0854. The number of hydrogen-bond donors (Lipinski definition) is 0. The maximum atomic E-state index is 13.1. The van der Waals surface area contributed by atoms with Crippen molar-refractivity contribution < 1.29 is 18.7 Å². The number of ether oxygens (including phenoxy) is 1. The molecule has 132 valence electrons. The van der Waals surface area contributed by atoms with Crippen molar-refractivity contribution in [2.75, 3.05) is 19.6 Å². The average Bonchev–Trinajstić information content (AvgIpc) is 2.44. The summed E-state index contributed by atoms with van der Waals surface area (Å²) >= 11 is 5.96. The van der Waals surface area contributed by atoms with Gasteiger partial charge >= 0.3 is 6.09 Å². The minimum atomic E-state index is -0.564.